The zero-order valence-electron chi connectivity index (χ0n) is 7.91. The van der Waals surface area contributed by atoms with Gasteiger partial charge in [0.25, 0.3) is 5.91 Å². The van der Waals surface area contributed by atoms with E-state index in [0.717, 1.165) is 23.4 Å². The number of rotatable bonds is 3. The summed E-state index contributed by atoms with van der Waals surface area (Å²) in [7, 11) is 1.61. The summed E-state index contributed by atoms with van der Waals surface area (Å²) in [4.78, 5) is 11.3. The average Bonchev–Trinajstić information content (AvgIpc) is 3.02. The Labute approximate surface area is 82.4 Å². The molecule has 14 heavy (non-hydrogen) atoms. The lowest BCUT2D eigenvalue weighted by molar-refractivity contribution is -0.112. The number of methoxy groups -OCH3 is 1. The highest BCUT2D eigenvalue weighted by Gasteiger charge is 2.16. The quantitative estimate of drug-likeness (QED) is 0.789. The summed E-state index contributed by atoms with van der Waals surface area (Å²) in [6, 6.07) is 7.27. The predicted molar refractivity (Wildman–Crippen MR) is 54.3 cm³/mol. The lowest BCUT2D eigenvalue weighted by atomic mass is 10.3. The van der Waals surface area contributed by atoms with Crippen LogP contribution < -0.4 is 10.1 Å². The Hall–Kier alpha value is -1.77. The van der Waals surface area contributed by atoms with Crippen LogP contribution in [0.25, 0.3) is 0 Å². The summed E-state index contributed by atoms with van der Waals surface area (Å²) in [6.45, 7) is 0. The molecule has 0 atom stereocenters. The molecule has 0 fully saturated rings. The molecule has 1 N–H and O–H groups in total. The number of allylic oxidation sites excluding steroid dienone is 1. The number of hydrogen-bond donors (Lipinski definition) is 1. The summed E-state index contributed by atoms with van der Waals surface area (Å²) in [5, 5.41) is 2.79. The molecule has 1 aliphatic rings. The molecule has 0 saturated carbocycles. The SMILES string of the molecule is COc1ccc(NC(=O)C2=CC2)cc1. The molecule has 72 valence electrons. The summed E-state index contributed by atoms with van der Waals surface area (Å²) in [6.07, 6.45) is 2.72. The summed E-state index contributed by atoms with van der Waals surface area (Å²) in [5.41, 5.74) is 1.66. The lowest BCUT2D eigenvalue weighted by Gasteiger charge is -2.03. The summed E-state index contributed by atoms with van der Waals surface area (Å²) < 4.78 is 5.01. The predicted octanol–water partition coefficient (Wildman–Crippen LogP) is 1.96. The van der Waals surface area contributed by atoms with Gasteiger partial charge in [-0.25, -0.2) is 0 Å². The maximum Gasteiger partial charge on any atom is 0.251 e. The minimum absolute atomic E-state index is 0.00448. The monoisotopic (exact) mass is 189 g/mol. The first kappa shape index (κ1) is 8.81. The molecule has 1 amide bonds. The van der Waals surface area contributed by atoms with Crippen molar-refractivity contribution in [1.29, 1.82) is 0 Å². The van der Waals surface area contributed by atoms with Gasteiger partial charge in [-0.05, 0) is 30.7 Å². The third-order valence-electron chi connectivity index (χ3n) is 2.05. The second-order valence-corrected chi connectivity index (χ2v) is 3.12. The Balaban J connectivity index is 2.02. The van der Waals surface area contributed by atoms with E-state index >= 15 is 0 Å². The zero-order chi connectivity index (χ0) is 9.97. The van der Waals surface area contributed by atoms with Crippen molar-refractivity contribution in [2.45, 2.75) is 6.42 Å². The van der Waals surface area contributed by atoms with Crippen molar-refractivity contribution < 1.29 is 9.53 Å². The lowest BCUT2D eigenvalue weighted by Crippen LogP contribution is -2.09. The molecule has 0 heterocycles. The maximum absolute atomic E-state index is 11.3. The average molecular weight is 189 g/mol. The van der Waals surface area contributed by atoms with E-state index < -0.39 is 0 Å². The van der Waals surface area contributed by atoms with E-state index in [2.05, 4.69) is 5.32 Å². The number of carbonyl (C=O) groups is 1. The number of anilines is 1. The molecule has 1 aliphatic carbocycles. The molecule has 2 rings (SSSR count). The molecule has 1 aromatic carbocycles. The van der Waals surface area contributed by atoms with Gasteiger partial charge >= 0.3 is 0 Å². The molecule has 3 nitrogen and oxygen atoms in total. The summed E-state index contributed by atoms with van der Waals surface area (Å²) in [5.74, 6) is 0.781. The number of carbonyl (C=O) groups excluding carboxylic acids is 1. The molecule has 0 aliphatic heterocycles. The van der Waals surface area contributed by atoms with Gasteiger partial charge in [0.2, 0.25) is 0 Å². The van der Waals surface area contributed by atoms with Gasteiger partial charge in [-0.3, -0.25) is 4.79 Å². The van der Waals surface area contributed by atoms with Crippen LogP contribution in [0.5, 0.6) is 5.75 Å². The molecular formula is C11H11NO2. The van der Waals surface area contributed by atoms with Crippen molar-refractivity contribution in [3.05, 3.63) is 35.9 Å². The van der Waals surface area contributed by atoms with Gasteiger partial charge in [0.15, 0.2) is 0 Å². The fourth-order valence-corrected chi connectivity index (χ4v) is 1.12. The third-order valence-corrected chi connectivity index (χ3v) is 2.05. The van der Waals surface area contributed by atoms with Gasteiger partial charge in [-0.2, -0.15) is 0 Å². The van der Waals surface area contributed by atoms with Crippen LogP contribution >= 0.6 is 0 Å². The number of hydrogen-bond acceptors (Lipinski definition) is 2. The van der Waals surface area contributed by atoms with Crippen LogP contribution in [-0.4, -0.2) is 13.0 Å². The normalized spacial score (nSPS) is 13.1. The first-order valence-corrected chi connectivity index (χ1v) is 4.44. The smallest absolute Gasteiger partial charge is 0.251 e. The van der Waals surface area contributed by atoms with Crippen LogP contribution in [0, 0.1) is 0 Å². The van der Waals surface area contributed by atoms with E-state index in [4.69, 9.17) is 4.74 Å². The van der Waals surface area contributed by atoms with Crippen LogP contribution in [0.1, 0.15) is 6.42 Å². The molecule has 0 radical (unpaired) electrons. The van der Waals surface area contributed by atoms with E-state index in [-0.39, 0.29) is 5.91 Å². The van der Waals surface area contributed by atoms with Crippen LogP contribution in [0.4, 0.5) is 5.69 Å². The van der Waals surface area contributed by atoms with E-state index in [1.807, 2.05) is 30.3 Å². The Morgan fingerprint density at radius 1 is 1.36 bits per heavy atom. The second kappa shape index (κ2) is 3.54. The number of amides is 1. The molecule has 0 aromatic heterocycles. The van der Waals surface area contributed by atoms with E-state index in [9.17, 15) is 4.79 Å². The molecular weight excluding hydrogens is 178 g/mol. The highest BCUT2D eigenvalue weighted by atomic mass is 16.5. The molecule has 0 spiro atoms. The number of nitrogens with one attached hydrogen (secondary N) is 1. The van der Waals surface area contributed by atoms with Crippen LogP contribution in [0.2, 0.25) is 0 Å². The molecule has 1 aromatic rings. The zero-order valence-corrected chi connectivity index (χ0v) is 7.91. The molecule has 3 heteroatoms. The van der Waals surface area contributed by atoms with Crippen molar-refractivity contribution in [1.82, 2.24) is 0 Å². The van der Waals surface area contributed by atoms with Gasteiger partial charge in [-0.15, -0.1) is 0 Å². The Kier molecular flexibility index (Phi) is 2.23. The van der Waals surface area contributed by atoms with Gasteiger partial charge < -0.3 is 10.1 Å². The van der Waals surface area contributed by atoms with Crippen LogP contribution in [0.15, 0.2) is 35.9 Å². The van der Waals surface area contributed by atoms with E-state index in [1.54, 1.807) is 7.11 Å². The fraction of sp³-hybridized carbons (Fsp3) is 0.182. The molecule has 0 bridgehead atoms. The highest BCUT2D eigenvalue weighted by Crippen LogP contribution is 2.21. The number of ether oxygens (including phenoxy) is 1. The minimum atomic E-state index is -0.00448. The van der Waals surface area contributed by atoms with E-state index in [1.165, 1.54) is 0 Å². The summed E-state index contributed by atoms with van der Waals surface area (Å²) >= 11 is 0. The maximum atomic E-state index is 11.3. The first-order valence-electron chi connectivity index (χ1n) is 4.44. The van der Waals surface area contributed by atoms with Crippen molar-refractivity contribution in [3.63, 3.8) is 0 Å². The Morgan fingerprint density at radius 3 is 2.50 bits per heavy atom. The van der Waals surface area contributed by atoms with Gasteiger partial charge in [0, 0.05) is 11.3 Å². The first-order chi connectivity index (χ1) is 6.79. The van der Waals surface area contributed by atoms with Crippen molar-refractivity contribution in [2.75, 3.05) is 12.4 Å². The number of benzene rings is 1. The molecule has 0 saturated heterocycles. The van der Waals surface area contributed by atoms with Crippen LogP contribution in [-0.2, 0) is 4.79 Å². The Morgan fingerprint density at radius 2 is 2.00 bits per heavy atom. The van der Waals surface area contributed by atoms with Gasteiger partial charge in [0.1, 0.15) is 5.75 Å². The van der Waals surface area contributed by atoms with Crippen molar-refractivity contribution >= 4 is 11.6 Å². The standard InChI is InChI=1S/C11H11NO2/c1-14-10-6-4-9(5-7-10)12-11(13)8-2-3-8/h2,4-7H,3H2,1H3,(H,12,13). The minimum Gasteiger partial charge on any atom is -0.497 e. The highest BCUT2D eigenvalue weighted by molar-refractivity contribution is 6.06. The topological polar surface area (TPSA) is 38.3 Å². The van der Waals surface area contributed by atoms with Gasteiger partial charge in [0.05, 0.1) is 7.11 Å². The third kappa shape index (κ3) is 1.93. The van der Waals surface area contributed by atoms with Crippen molar-refractivity contribution in [3.8, 4) is 5.75 Å². The Bertz CT molecular complexity index is 379. The van der Waals surface area contributed by atoms with Crippen molar-refractivity contribution in [2.24, 2.45) is 0 Å². The van der Waals surface area contributed by atoms with Crippen LogP contribution in [0.3, 0.4) is 0 Å². The van der Waals surface area contributed by atoms with Gasteiger partial charge in [-0.1, -0.05) is 6.08 Å². The second-order valence-electron chi connectivity index (χ2n) is 3.12. The fourth-order valence-electron chi connectivity index (χ4n) is 1.12. The largest absolute Gasteiger partial charge is 0.497 e. The molecule has 0 unspecified atom stereocenters. The van der Waals surface area contributed by atoms with E-state index in [0.29, 0.717) is 0 Å².